The highest BCUT2D eigenvalue weighted by molar-refractivity contribution is 5.83. The minimum atomic E-state index is 0.736. The van der Waals surface area contributed by atoms with Crippen LogP contribution in [-0.4, -0.2) is 28.9 Å². The Morgan fingerprint density at radius 3 is 2.64 bits per heavy atom. The average molecular weight is 291 g/mol. The summed E-state index contributed by atoms with van der Waals surface area (Å²) >= 11 is 0. The summed E-state index contributed by atoms with van der Waals surface area (Å²) in [5, 5.41) is 7.14. The smallest absolute Gasteiger partial charge is 0.181 e. The molecule has 4 rings (SSSR count). The number of hydrogen-bond donors (Lipinski definition) is 1. The van der Waals surface area contributed by atoms with Crippen molar-refractivity contribution >= 4 is 17.1 Å². The van der Waals surface area contributed by atoms with Crippen LogP contribution in [0.1, 0.15) is 5.82 Å². The average Bonchev–Trinajstić information content (AvgIpc) is 3.12. The lowest BCUT2D eigenvalue weighted by atomic mass is 10.1. The van der Waals surface area contributed by atoms with Crippen molar-refractivity contribution in [3.05, 3.63) is 54.4 Å². The first kappa shape index (κ1) is 12.9. The topological polar surface area (TPSA) is 48.1 Å². The van der Waals surface area contributed by atoms with Gasteiger partial charge in [-0.25, -0.2) is 4.98 Å². The first-order valence-corrected chi connectivity index (χ1v) is 7.29. The molecule has 2 heterocycles. The van der Waals surface area contributed by atoms with Gasteiger partial charge in [-0.2, -0.15) is 5.10 Å². The van der Waals surface area contributed by atoms with E-state index in [1.807, 2.05) is 13.0 Å². The molecular formula is C17H17N5. The second-order valence-corrected chi connectivity index (χ2v) is 5.55. The van der Waals surface area contributed by atoms with Crippen molar-refractivity contribution in [2.45, 2.75) is 6.92 Å². The Kier molecular flexibility index (Phi) is 2.85. The summed E-state index contributed by atoms with van der Waals surface area (Å²) in [5.41, 5.74) is 4.65. The number of aromatic nitrogens is 3. The minimum Gasteiger partial charge on any atom is -0.355 e. The number of nitrogens with one attached hydrogen (secondary N) is 1. The third-order valence-electron chi connectivity index (χ3n) is 3.95. The number of hydrogen-bond acceptors (Lipinski definition) is 4. The van der Waals surface area contributed by atoms with Gasteiger partial charge in [0.25, 0.3) is 0 Å². The van der Waals surface area contributed by atoms with Crippen LogP contribution in [0.25, 0.3) is 11.4 Å². The Labute approximate surface area is 129 Å². The second-order valence-electron chi connectivity index (χ2n) is 5.55. The quantitative estimate of drug-likeness (QED) is 0.787. The number of nitrogens with zero attached hydrogens (tertiary/aromatic N) is 4. The number of fused-ring (bicyclic) bond motifs is 1. The maximum Gasteiger partial charge on any atom is 0.181 e. The highest BCUT2D eigenvalue weighted by atomic mass is 15.4. The summed E-state index contributed by atoms with van der Waals surface area (Å²) in [6.07, 6.45) is 0. The maximum atomic E-state index is 4.41. The molecule has 0 radical (unpaired) electrons. The zero-order valence-electron chi connectivity index (χ0n) is 12.6. The van der Waals surface area contributed by atoms with Gasteiger partial charge < -0.3 is 9.80 Å². The van der Waals surface area contributed by atoms with E-state index in [9.17, 15) is 0 Å². The SMILES string of the molecule is Cc1nc(-c2cccc(N3CN(C)c4ccccc43)c2)n[nH]1. The van der Waals surface area contributed by atoms with Crippen molar-refractivity contribution in [2.75, 3.05) is 23.5 Å². The number of benzene rings is 2. The molecule has 0 spiro atoms. The van der Waals surface area contributed by atoms with Crippen molar-refractivity contribution in [3.8, 4) is 11.4 Å². The van der Waals surface area contributed by atoms with E-state index in [1.165, 1.54) is 11.4 Å². The molecule has 1 aliphatic heterocycles. The lowest BCUT2D eigenvalue weighted by Gasteiger charge is -2.20. The molecule has 5 heteroatoms. The van der Waals surface area contributed by atoms with Crippen LogP contribution in [0, 0.1) is 6.92 Å². The lowest BCUT2D eigenvalue weighted by molar-refractivity contribution is 0.950. The van der Waals surface area contributed by atoms with Gasteiger partial charge in [0.05, 0.1) is 18.0 Å². The Balaban J connectivity index is 1.75. The predicted molar refractivity (Wildman–Crippen MR) is 88.4 cm³/mol. The Bertz CT molecular complexity index is 823. The highest BCUT2D eigenvalue weighted by Gasteiger charge is 2.24. The van der Waals surface area contributed by atoms with Crippen LogP contribution in [0.15, 0.2) is 48.5 Å². The highest BCUT2D eigenvalue weighted by Crippen LogP contribution is 2.40. The molecule has 5 nitrogen and oxygen atoms in total. The summed E-state index contributed by atoms with van der Waals surface area (Å²) in [6.45, 7) is 2.75. The lowest BCUT2D eigenvalue weighted by Crippen LogP contribution is -2.23. The standard InChI is InChI=1S/C17H17N5/c1-12-18-17(20-19-12)13-6-5-7-14(10-13)22-11-21(2)15-8-3-4-9-16(15)22/h3-10H,11H2,1-2H3,(H,18,19,20). The van der Waals surface area contributed by atoms with Crippen molar-refractivity contribution in [3.63, 3.8) is 0 Å². The molecule has 0 amide bonds. The normalized spacial score (nSPS) is 13.5. The second kappa shape index (κ2) is 4.87. The van der Waals surface area contributed by atoms with E-state index >= 15 is 0 Å². The molecule has 2 aromatic carbocycles. The van der Waals surface area contributed by atoms with Gasteiger partial charge in [-0.3, -0.25) is 5.10 Å². The first-order chi connectivity index (χ1) is 10.7. The van der Waals surface area contributed by atoms with Gasteiger partial charge in [-0.15, -0.1) is 0 Å². The zero-order valence-corrected chi connectivity index (χ0v) is 12.6. The molecule has 0 fully saturated rings. The van der Waals surface area contributed by atoms with E-state index in [2.05, 4.69) is 74.5 Å². The van der Waals surface area contributed by atoms with E-state index in [1.54, 1.807) is 0 Å². The summed E-state index contributed by atoms with van der Waals surface area (Å²) in [5.74, 6) is 1.56. The number of aryl methyl sites for hydroxylation is 1. The largest absolute Gasteiger partial charge is 0.355 e. The molecule has 0 bridgehead atoms. The molecule has 3 aromatic rings. The molecular weight excluding hydrogens is 274 g/mol. The van der Waals surface area contributed by atoms with Crippen molar-refractivity contribution < 1.29 is 0 Å². The van der Waals surface area contributed by atoms with Gasteiger partial charge in [0.15, 0.2) is 5.82 Å². The fraction of sp³-hybridized carbons (Fsp3) is 0.176. The van der Waals surface area contributed by atoms with Crippen LogP contribution in [0.2, 0.25) is 0 Å². The zero-order chi connectivity index (χ0) is 15.1. The van der Waals surface area contributed by atoms with Crippen LogP contribution < -0.4 is 9.80 Å². The number of para-hydroxylation sites is 2. The monoisotopic (exact) mass is 291 g/mol. The molecule has 0 aliphatic carbocycles. The first-order valence-electron chi connectivity index (χ1n) is 7.29. The van der Waals surface area contributed by atoms with Gasteiger partial charge in [-0.05, 0) is 31.2 Å². The van der Waals surface area contributed by atoms with Crippen LogP contribution in [-0.2, 0) is 0 Å². The van der Waals surface area contributed by atoms with E-state index in [-0.39, 0.29) is 0 Å². The van der Waals surface area contributed by atoms with Gasteiger partial charge in [0.2, 0.25) is 0 Å². The molecule has 1 aliphatic rings. The number of anilines is 3. The van der Waals surface area contributed by atoms with Gasteiger partial charge >= 0.3 is 0 Å². The van der Waals surface area contributed by atoms with Crippen LogP contribution in [0.4, 0.5) is 17.1 Å². The van der Waals surface area contributed by atoms with Crippen molar-refractivity contribution in [1.82, 2.24) is 15.2 Å². The molecule has 22 heavy (non-hydrogen) atoms. The molecule has 110 valence electrons. The summed E-state index contributed by atoms with van der Waals surface area (Å²) in [6, 6.07) is 16.8. The Hall–Kier alpha value is -2.82. The Morgan fingerprint density at radius 1 is 1.05 bits per heavy atom. The van der Waals surface area contributed by atoms with E-state index < -0.39 is 0 Å². The van der Waals surface area contributed by atoms with Crippen LogP contribution in [0.3, 0.4) is 0 Å². The van der Waals surface area contributed by atoms with E-state index in [4.69, 9.17) is 0 Å². The molecule has 0 saturated heterocycles. The predicted octanol–water partition coefficient (Wildman–Crippen LogP) is 3.33. The summed E-state index contributed by atoms with van der Waals surface area (Å²) in [7, 11) is 2.11. The van der Waals surface area contributed by atoms with Crippen LogP contribution >= 0.6 is 0 Å². The number of aromatic amines is 1. The molecule has 1 N–H and O–H groups in total. The third-order valence-corrected chi connectivity index (χ3v) is 3.95. The van der Waals surface area contributed by atoms with Crippen molar-refractivity contribution in [2.24, 2.45) is 0 Å². The van der Waals surface area contributed by atoms with Gasteiger partial charge in [-0.1, -0.05) is 24.3 Å². The minimum absolute atomic E-state index is 0.736. The molecule has 0 unspecified atom stereocenters. The Morgan fingerprint density at radius 2 is 1.86 bits per heavy atom. The molecule has 0 atom stereocenters. The maximum absolute atomic E-state index is 4.41. The van der Waals surface area contributed by atoms with Crippen molar-refractivity contribution in [1.29, 1.82) is 0 Å². The van der Waals surface area contributed by atoms with Gasteiger partial charge in [0.1, 0.15) is 5.82 Å². The summed E-state index contributed by atoms with van der Waals surface area (Å²) in [4.78, 5) is 8.97. The van der Waals surface area contributed by atoms with E-state index in [0.717, 1.165) is 29.6 Å². The van der Waals surface area contributed by atoms with Gasteiger partial charge in [0, 0.05) is 18.3 Å². The third kappa shape index (κ3) is 2.02. The summed E-state index contributed by atoms with van der Waals surface area (Å²) < 4.78 is 0. The molecule has 1 aromatic heterocycles. The van der Waals surface area contributed by atoms with E-state index in [0.29, 0.717) is 0 Å². The van der Waals surface area contributed by atoms with Crippen LogP contribution in [0.5, 0.6) is 0 Å². The number of rotatable bonds is 2. The molecule has 0 saturated carbocycles. The fourth-order valence-corrected chi connectivity index (χ4v) is 2.89. The number of H-pyrrole nitrogens is 1. The fourth-order valence-electron chi connectivity index (χ4n) is 2.89.